The third-order valence-electron chi connectivity index (χ3n) is 5.05. The maximum atomic E-state index is 12.9. The van der Waals surface area contributed by atoms with Crippen LogP contribution in [0.5, 0.6) is 0 Å². The van der Waals surface area contributed by atoms with Gasteiger partial charge in [0.15, 0.2) is 0 Å². The molecule has 2 atom stereocenters. The third-order valence-corrected chi connectivity index (χ3v) is 5.05. The van der Waals surface area contributed by atoms with E-state index in [1.165, 1.54) is 4.90 Å². The van der Waals surface area contributed by atoms with Crippen LogP contribution in [0.3, 0.4) is 0 Å². The highest BCUT2D eigenvalue weighted by Gasteiger charge is 2.44. The molecule has 2 fully saturated rings. The smallest absolute Gasteiger partial charge is 0.254 e. The van der Waals surface area contributed by atoms with Crippen molar-refractivity contribution in [2.24, 2.45) is 0 Å². The highest BCUT2D eigenvalue weighted by molar-refractivity contribution is 6.01. The molecule has 7 heteroatoms. The van der Waals surface area contributed by atoms with Crippen molar-refractivity contribution in [2.45, 2.75) is 12.1 Å². The van der Waals surface area contributed by atoms with Crippen LogP contribution in [0.25, 0.3) is 10.8 Å². The van der Waals surface area contributed by atoms with Crippen LogP contribution in [0, 0.1) is 0 Å². The fraction of sp³-hybridized carbons (Fsp3) is 0.316. The molecule has 0 unspecified atom stereocenters. The van der Waals surface area contributed by atoms with Crippen LogP contribution in [0.15, 0.2) is 42.5 Å². The summed E-state index contributed by atoms with van der Waals surface area (Å²) < 4.78 is 0. The minimum Gasteiger partial charge on any atom is -0.394 e. The van der Waals surface area contributed by atoms with Crippen LogP contribution in [-0.2, 0) is 9.59 Å². The van der Waals surface area contributed by atoms with E-state index < -0.39 is 18.7 Å². The van der Waals surface area contributed by atoms with E-state index in [2.05, 4.69) is 5.32 Å². The van der Waals surface area contributed by atoms with Gasteiger partial charge in [0.2, 0.25) is 11.8 Å². The normalized spacial score (nSPS) is 23.0. The lowest BCUT2D eigenvalue weighted by Crippen LogP contribution is -2.70. The van der Waals surface area contributed by atoms with Crippen LogP contribution >= 0.6 is 0 Å². The molecule has 0 saturated carbocycles. The summed E-state index contributed by atoms with van der Waals surface area (Å²) in [5.41, 5.74) is 0.563. The van der Waals surface area contributed by atoms with Gasteiger partial charge in [-0.25, -0.2) is 0 Å². The van der Waals surface area contributed by atoms with Crippen molar-refractivity contribution >= 4 is 28.5 Å². The SMILES string of the molecule is O=C1N[C@@H](CO)C(=O)N2CCN(C(=O)c3ccc4ccccc4c3)C[C@H]12. The molecule has 3 amide bonds. The molecule has 2 aromatic carbocycles. The maximum absolute atomic E-state index is 12.9. The summed E-state index contributed by atoms with van der Waals surface area (Å²) in [5.74, 6) is -0.783. The van der Waals surface area contributed by atoms with Crippen LogP contribution in [0.1, 0.15) is 10.4 Å². The fourth-order valence-electron chi connectivity index (χ4n) is 3.61. The number of amides is 3. The zero-order valence-electron chi connectivity index (χ0n) is 14.1. The van der Waals surface area contributed by atoms with Crippen LogP contribution < -0.4 is 5.32 Å². The lowest BCUT2D eigenvalue weighted by Gasteiger charge is -2.44. The Morgan fingerprint density at radius 1 is 1.12 bits per heavy atom. The largest absolute Gasteiger partial charge is 0.394 e. The van der Waals surface area contributed by atoms with E-state index in [1.807, 2.05) is 36.4 Å². The van der Waals surface area contributed by atoms with Gasteiger partial charge in [0.25, 0.3) is 5.91 Å². The summed E-state index contributed by atoms with van der Waals surface area (Å²) in [6.45, 7) is 0.376. The topological polar surface area (TPSA) is 89.9 Å². The van der Waals surface area contributed by atoms with Gasteiger partial charge in [0.1, 0.15) is 12.1 Å². The van der Waals surface area contributed by atoms with Crippen LogP contribution in [-0.4, -0.2) is 71.0 Å². The lowest BCUT2D eigenvalue weighted by atomic mass is 10.0. The second-order valence-corrected chi connectivity index (χ2v) is 6.60. The summed E-state index contributed by atoms with van der Waals surface area (Å²) in [7, 11) is 0. The van der Waals surface area contributed by atoms with Crippen LogP contribution in [0.4, 0.5) is 0 Å². The van der Waals surface area contributed by atoms with E-state index in [1.54, 1.807) is 11.0 Å². The Kier molecular flexibility index (Phi) is 4.08. The Balaban J connectivity index is 1.55. The Morgan fingerprint density at radius 3 is 2.65 bits per heavy atom. The molecule has 0 spiro atoms. The van der Waals surface area contributed by atoms with Gasteiger partial charge in [-0.05, 0) is 22.9 Å². The van der Waals surface area contributed by atoms with Gasteiger partial charge in [-0.2, -0.15) is 0 Å². The number of hydrogen-bond acceptors (Lipinski definition) is 4. The van der Waals surface area contributed by atoms with E-state index in [4.69, 9.17) is 0 Å². The molecular formula is C19H19N3O4. The number of piperazine rings is 2. The number of nitrogens with one attached hydrogen (secondary N) is 1. The third kappa shape index (κ3) is 2.70. The number of nitrogens with zero attached hydrogens (tertiary/aromatic N) is 2. The molecule has 0 radical (unpaired) electrons. The van der Waals surface area contributed by atoms with Gasteiger partial charge in [0, 0.05) is 18.7 Å². The van der Waals surface area contributed by atoms with Crippen molar-refractivity contribution in [3.05, 3.63) is 48.0 Å². The monoisotopic (exact) mass is 353 g/mol. The lowest BCUT2D eigenvalue weighted by molar-refractivity contribution is -0.153. The van der Waals surface area contributed by atoms with Crippen molar-refractivity contribution in [3.8, 4) is 0 Å². The number of carbonyl (C=O) groups excluding carboxylic acids is 3. The number of carbonyl (C=O) groups is 3. The molecule has 26 heavy (non-hydrogen) atoms. The summed E-state index contributed by atoms with van der Waals surface area (Å²) in [5, 5.41) is 13.8. The highest BCUT2D eigenvalue weighted by atomic mass is 16.3. The maximum Gasteiger partial charge on any atom is 0.254 e. The summed E-state index contributed by atoms with van der Waals surface area (Å²) in [6.07, 6.45) is 0. The molecule has 0 aromatic heterocycles. The molecule has 2 aliphatic rings. The Morgan fingerprint density at radius 2 is 1.88 bits per heavy atom. The first-order valence-electron chi connectivity index (χ1n) is 8.58. The summed E-state index contributed by atoms with van der Waals surface area (Å²) >= 11 is 0. The van der Waals surface area contributed by atoms with Gasteiger partial charge in [-0.15, -0.1) is 0 Å². The number of aliphatic hydroxyl groups is 1. The number of fused-ring (bicyclic) bond motifs is 2. The first-order chi connectivity index (χ1) is 12.6. The molecule has 0 aliphatic carbocycles. The number of benzene rings is 2. The first-order valence-corrected chi connectivity index (χ1v) is 8.58. The highest BCUT2D eigenvalue weighted by Crippen LogP contribution is 2.20. The zero-order chi connectivity index (χ0) is 18.3. The van der Waals surface area contributed by atoms with Gasteiger partial charge >= 0.3 is 0 Å². The Bertz CT molecular complexity index is 897. The molecule has 2 saturated heterocycles. The standard InChI is InChI=1S/C19H19N3O4/c23-11-15-19(26)22-8-7-21(10-16(22)17(24)20-15)18(25)14-6-5-12-3-1-2-4-13(12)9-14/h1-6,9,15-16,23H,7-8,10-11H2,(H,20,24)/t15-,16+/m0/s1. The molecule has 134 valence electrons. The summed E-state index contributed by atoms with van der Waals surface area (Å²) in [6, 6.07) is 11.7. The Hall–Kier alpha value is -2.93. The van der Waals surface area contributed by atoms with Crippen molar-refractivity contribution in [1.82, 2.24) is 15.1 Å². The second-order valence-electron chi connectivity index (χ2n) is 6.60. The van der Waals surface area contributed by atoms with E-state index in [0.717, 1.165) is 10.8 Å². The minimum absolute atomic E-state index is 0.153. The fourth-order valence-corrected chi connectivity index (χ4v) is 3.61. The molecular weight excluding hydrogens is 334 g/mol. The first kappa shape index (κ1) is 16.5. The molecule has 2 aliphatic heterocycles. The van der Waals surface area contributed by atoms with Crippen molar-refractivity contribution < 1.29 is 19.5 Å². The van der Waals surface area contributed by atoms with Crippen molar-refractivity contribution in [1.29, 1.82) is 0 Å². The molecule has 2 heterocycles. The number of aliphatic hydroxyl groups excluding tert-OH is 1. The van der Waals surface area contributed by atoms with Gasteiger partial charge in [-0.1, -0.05) is 30.3 Å². The predicted molar refractivity (Wildman–Crippen MR) is 94.4 cm³/mol. The molecule has 0 bridgehead atoms. The minimum atomic E-state index is -0.888. The summed E-state index contributed by atoms with van der Waals surface area (Å²) in [4.78, 5) is 40.5. The molecule has 4 rings (SSSR count). The quantitative estimate of drug-likeness (QED) is 0.794. The van der Waals surface area contributed by atoms with Crippen molar-refractivity contribution in [3.63, 3.8) is 0 Å². The van der Waals surface area contributed by atoms with E-state index >= 15 is 0 Å². The predicted octanol–water partition coefficient (Wildman–Crippen LogP) is -0.0165. The zero-order valence-corrected chi connectivity index (χ0v) is 14.1. The Labute approximate surface area is 150 Å². The molecule has 7 nitrogen and oxygen atoms in total. The van der Waals surface area contributed by atoms with Gasteiger partial charge < -0.3 is 20.2 Å². The second kappa shape index (κ2) is 6.42. The van der Waals surface area contributed by atoms with Crippen LogP contribution in [0.2, 0.25) is 0 Å². The van der Waals surface area contributed by atoms with E-state index in [0.29, 0.717) is 12.1 Å². The average molecular weight is 353 g/mol. The number of hydrogen-bond donors (Lipinski definition) is 2. The van der Waals surface area contributed by atoms with E-state index in [9.17, 15) is 19.5 Å². The van der Waals surface area contributed by atoms with Gasteiger partial charge in [0.05, 0.1) is 13.2 Å². The number of rotatable bonds is 2. The van der Waals surface area contributed by atoms with Gasteiger partial charge in [-0.3, -0.25) is 14.4 Å². The van der Waals surface area contributed by atoms with Crippen molar-refractivity contribution in [2.75, 3.05) is 26.2 Å². The molecule has 2 aromatic rings. The van der Waals surface area contributed by atoms with E-state index in [-0.39, 0.29) is 30.8 Å². The molecule has 2 N–H and O–H groups in total. The average Bonchev–Trinajstić information content (AvgIpc) is 2.69.